The van der Waals surface area contributed by atoms with Crippen LogP contribution in [0.2, 0.25) is 0 Å². The molecule has 0 fully saturated rings. The molecule has 1 atom stereocenters. The number of anilines is 1. The van der Waals surface area contributed by atoms with Gasteiger partial charge in [-0.2, -0.15) is 0 Å². The fourth-order valence-electron chi connectivity index (χ4n) is 3.11. The number of nitrogens with zero attached hydrogens (tertiary/aromatic N) is 1. The number of aryl methyl sites for hydroxylation is 1. The fourth-order valence-corrected chi connectivity index (χ4v) is 3.11. The smallest absolute Gasteiger partial charge is 0.336 e. The van der Waals surface area contributed by atoms with E-state index in [1.807, 2.05) is 62.2 Å². The lowest BCUT2D eigenvalue weighted by molar-refractivity contribution is -0.137. The molecule has 134 valence electrons. The average Bonchev–Trinajstić information content (AvgIpc) is 2.59. The van der Waals surface area contributed by atoms with Crippen molar-refractivity contribution in [3.05, 3.63) is 64.5 Å². The highest BCUT2D eigenvalue weighted by molar-refractivity contribution is 5.95. The predicted molar refractivity (Wildman–Crippen MR) is 103 cm³/mol. The molecule has 1 aromatic heterocycles. The van der Waals surface area contributed by atoms with Crippen LogP contribution < -0.4 is 10.5 Å². The Kier molecular flexibility index (Phi) is 4.80. The number of fused-ring (bicyclic) bond motifs is 1. The summed E-state index contributed by atoms with van der Waals surface area (Å²) in [5.74, 6) is -0.849. The van der Waals surface area contributed by atoms with Crippen LogP contribution in [0, 0.1) is 6.92 Å². The van der Waals surface area contributed by atoms with Gasteiger partial charge in [0, 0.05) is 41.9 Å². The van der Waals surface area contributed by atoms with Crippen molar-refractivity contribution >= 4 is 22.6 Å². The number of carbonyl (C=O) groups is 1. The number of benzene rings is 2. The predicted octanol–water partition coefficient (Wildman–Crippen LogP) is 4.07. The standard InChI is InChI=1S/C21H21NO4/c1-13-6-4-5-7-16(13)18-12-21(25)26-19-11-15(8-9-17(18)19)22(3)14(2)10-20(23)24/h4-9,11-12,14H,10H2,1-3H3,(H,23,24). The molecule has 0 saturated carbocycles. The van der Waals surface area contributed by atoms with Gasteiger partial charge < -0.3 is 14.4 Å². The Hall–Kier alpha value is -3.08. The Morgan fingerprint density at radius 3 is 2.58 bits per heavy atom. The lowest BCUT2D eigenvalue weighted by Crippen LogP contribution is -2.30. The molecular formula is C21H21NO4. The van der Waals surface area contributed by atoms with Gasteiger partial charge in [-0.25, -0.2) is 4.79 Å². The van der Waals surface area contributed by atoms with Gasteiger partial charge in [-0.05, 0) is 37.1 Å². The van der Waals surface area contributed by atoms with E-state index in [-0.39, 0.29) is 12.5 Å². The maximum absolute atomic E-state index is 12.1. The van der Waals surface area contributed by atoms with E-state index in [0.717, 1.165) is 27.8 Å². The summed E-state index contributed by atoms with van der Waals surface area (Å²) in [5, 5.41) is 9.84. The first-order chi connectivity index (χ1) is 12.4. The minimum absolute atomic E-state index is 0.0295. The summed E-state index contributed by atoms with van der Waals surface area (Å²) in [4.78, 5) is 24.9. The summed E-state index contributed by atoms with van der Waals surface area (Å²) in [7, 11) is 1.83. The normalized spacial score (nSPS) is 12.1. The zero-order valence-corrected chi connectivity index (χ0v) is 15.0. The maximum Gasteiger partial charge on any atom is 0.336 e. The SMILES string of the molecule is Cc1ccccc1-c1cc(=O)oc2cc(N(C)C(C)CC(=O)O)ccc12. The number of hydrogen-bond acceptors (Lipinski definition) is 4. The van der Waals surface area contributed by atoms with Crippen LogP contribution in [0.15, 0.2) is 57.7 Å². The number of hydrogen-bond donors (Lipinski definition) is 1. The lowest BCUT2D eigenvalue weighted by atomic mass is 9.97. The number of carboxylic acid groups (broad SMARTS) is 1. The molecule has 1 heterocycles. The van der Waals surface area contributed by atoms with Crippen molar-refractivity contribution in [2.45, 2.75) is 26.3 Å². The Morgan fingerprint density at radius 1 is 1.15 bits per heavy atom. The molecule has 0 saturated heterocycles. The molecule has 3 rings (SSSR count). The molecule has 26 heavy (non-hydrogen) atoms. The van der Waals surface area contributed by atoms with Gasteiger partial charge in [-0.1, -0.05) is 24.3 Å². The largest absolute Gasteiger partial charge is 0.481 e. The summed E-state index contributed by atoms with van der Waals surface area (Å²) in [6.07, 6.45) is 0.0295. The maximum atomic E-state index is 12.1. The van der Waals surface area contributed by atoms with Crippen LogP contribution in [0.5, 0.6) is 0 Å². The Bertz CT molecular complexity index is 1020. The monoisotopic (exact) mass is 351 g/mol. The summed E-state index contributed by atoms with van der Waals surface area (Å²) < 4.78 is 5.42. The van der Waals surface area contributed by atoms with Crippen molar-refractivity contribution in [2.24, 2.45) is 0 Å². The van der Waals surface area contributed by atoms with Gasteiger partial charge in [-0.3, -0.25) is 4.79 Å². The summed E-state index contributed by atoms with van der Waals surface area (Å²) >= 11 is 0. The first-order valence-corrected chi connectivity index (χ1v) is 8.45. The molecular weight excluding hydrogens is 330 g/mol. The van der Waals surface area contributed by atoms with Crippen molar-refractivity contribution < 1.29 is 14.3 Å². The highest BCUT2D eigenvalue weighted by Gasteiger charge is 2.16. The second-order valence-corrected chi connectivity index (χ2v) is 6.53. The van der Waals surface area contributed by atoms with Gasteiger partial charge in [0.25, 0.3) is 0 Å². The van der Waals surface area contributed by atoms with Crippen LogP contribution in [0.3, 0.4) is 0 Å². The zero-order valence-electron chi connectivity index (χ0n) is 15.0. The van der Waals surface area contributed by atoms with E-state index in [0.29, 0.717) is 5.58 Å². The van der Waals surface area contributed by atoms with E-state index in [2.05, 4.69) is 0 Å². The molecule has 3 aromatic rings. The quantitative estimate of drug-likeness (QED) is 0.702. The molecule has 2 aromatic carbocycles. The average molecular weight is 351 g/mol. The van der Waals surface area contributed by atoms with E-state index in [4.69, 9.17) is 9.52 Å². The first-order valence-electron chi connectivity index (χ1n) is 8.45. The second-order valence-electron chi connectivity index (χ2n) is 6.53. The Morgan fingerprint density at radius 2 is 1.88 bits per heavy atom. The number of rotatable bonds is 5. The van der Waals surface area contributed by atoms with Crippen molar-refractivity contribution in [3.8, 4) is 11.1 Å². The third kappa shape index (κ3) is 3.47. The minimum Gasteiger partial charge on any atom is -0.481 e. The van der Waals surface area contributed by atoms with E-state index in [9.17, 15) is 9.59 Å². The first kappa shape index (κ1) is 17.7. The highest BCUT2D eigenvalue weighted by atomic mass is 16.4. The molecule has 1 N–H and O–H groups in total. The van der Waals surface area contributed by atoms with Crippen LogP contribution in [-0.4, -0.2) is 24.2 Å². The summed E-state index contributed by atoms with van der Waals surface area (Å²) in [6, 6.07) is 14.8. The number of carboxylic acids is 1. The third-order valence-electron chi connectivity index (χ3n) is 4.70. The molecule has 0 bridgehead atoms. The van der Waals surface area contributed by atoms with Crippen molar-refractivity contribution in [3.63, 3.8) is 0 Å². The second kappa shape index (κ2) is 7.04. The van der Waals surface area contributed by atoms with Gasteiger partial charge in [-0.15, -0.1) is 0 Å². The molecule has 0 aliphatic rings. The van der Waals surface area contributed by atoms with E-state index in [1.165, 1.54) is 6.07 Å². The molecule has 0 aliphatic carbocycles. The zero-order chi connectivity index (χ0) is 18.8. The van der Waals surface area contributed by atoms with Crippen LogP contribution in [0.4, 0.5) is 5.69 Å². The Labute approximate surface area is 151 Å². The van der Waals surface area contributed by atoms with Crippen LogP contribution in [0.25, 0.3) is 22.1 Å². The molecule has 0 spiro atoms. The van der Waals surface area contributed by atoms with E-state index >= 15 is 0 Å². The van der Waals surface area contributed by atoms with Gasteiger partial charge in [0.1, 0.15) is 5.58 Å². The van der Waals surface area contributed by atoms with Gasteiger partial charge in [0.05, 0.1) is 6.42 Å². The molecule has 0 radical (unpaired) electrons. The minimum atomic E-state index is -0.849. The van der Waals surface area contributed by atoms with Gasteiger partial charge >= 0.3 is 11.6 Å². The van der Waals surface area contributed by atoms with Crippen LogP contribution in [-0.2, 0) is 4.79 Å². The topological polar surface area (TPSA) is 70.8 Å². The van der Waals surface area contributed by atoms with Crippen molar-refractivity contribution in [1.29, 1.82) is 0 Å². The summed E-state index contributed by atoms with van der Waals surface area (Å²) in [5.41, 5.74) is 3.79. The van der Waals surface area contributed by atoms with Crippen molar-refractivity contribution in [1.82, 2.24) is 0 Å². The summed E-state index contributed by atoms with van der Waals surface area (Å²) in [6.45, 7) is 3.85. The number of aliphatic carboxylic acids is 1. The molecule has 5 nitrogen and oxygen atoms in total. The lowest BCUT2D eigenvalue weighted by Gasteiger charge is -2.26. The van der Waals surface area contributed by atoms with Crippen LogP contribution >= 0.6 is 0 Å². The highest BCUT2D eigenvalue weighted by Crippen LogP contribution is 2.32. The molecule has 0 amide bonds. The van der Waals surface area contributed by atoms with Gasteiger partial charge in [0.2, 0.25) is 0 Å². The molecule has 5 heteroatoms. The molecule has 1 unspecified atom stereocenters. The molecule has 0 aliphatic heterocycles. The third-order valence-corrected chi connectivity index (χ3v) is 4.70. The fraction of sp³-hybridized carbons (Fsp3) is 0.238. The van der Waals surface area contributed by atoms with Crippen LogP contribution in [0.1, 0.15) is 18.9 Å². The van der Waals surface area contributed by atoms with Gasteiger partial charge in [0.15, 0.2) is 0 Å². The van der Waals surface area contributed by atoms with Crippen molar-refractivity contribution in [2.75, 3.05) is 11.9 Å². The van der Waals surface area contributed by atoms with E-state index in [1.54, 1.807) is 6.07 Å². The van der Waals surface area contributed by atoms with E-state index < -0.39 is 11.6 Å². The Balaban J connectivity index is 2.11.